The molecule has 0 atom stereocenters. The lowest BCUT2D eigenvalue weighted by molar-refractivity contribution is -0.116. The molecule has 0 bridgehead atoms. The highest BCUT2D eigenvalue weighted by atomic mass is 35.5. The number of nitrogens with one attached hydrogen (secondary N) is 2. The van der Waals surface area contributed by atoms with Crippen molar-refractivity contribution in [2.75, 3.05) is 5.32 Å². The SMILES string of the molecule is C=CC(=O)NCc1nnc(-c2ccc3ncnc(Nc4ccc(F)c(Cl)c4)c3c2)o1. The van der Waals surface area contributed by atoms with Crippen molar-refractivity contribution in [1.82, 2.24) is 25.5 Å². The summed E-state index contributed by atoms with van der Waals surface area (Å²) in [6, 6.07) is 9.66. The average molecular weight is 425 g/mol. The van der Waals surface area contributed by atoms with Crippen LogP contribution in [0.5, 0.6) is 0 Å². The highest BCUT2D eigenvalue weighted by Crippen LogP contribution is 2.29. The van der Waals surface area contributed by atoms with E-state index >= 15 is 0 Å². The van der Waals surface area contributed by atoms with Gasteiger partial charge in [0.05, 0.1) is 17.1 Å². The first-order valence-electron chi connectivity index (χ1n) is 8.73. The number of halogens is 2. The summed E-state index contributed by atoms with van der Waals surface area (Å²) >= 11 is 5.85. The monoisotopic (exact) mass is 424 g/mol. The van der Waals surface area contributed by atoms with Crippen LogP contribution >= 0.6 is 11.6 Å². The fraction of sp³-hybridized carbons (Fsp3) is 0.0500. The number of aromatic nitrogens is 4. The smallest absolute Gasteiger partial charge is 0.247 e. The predicted molar refractivity (Wildman–Crippen MR) is 110 cm³/mol. The molecule has 150 valence electrons. The molecule has 0 saturated carbocycles. The summed E-state index contributed by atoms with van der Waals surface area (Å²) in [6.45, 7) is 3.47. The maximum Gasteiger partial charge on any atom is 0.247 e. The van der Waals surface area contributed by atoms with Crippen molar-refractivity contribution in [2.45, 2.75) is 6.54 Å². The Labute approximate surface area is 174 Å². The zero-order valence-corrected chi connectivity index (χ0v) is 16.2. The fourth-order valence-electron chi connectivity index (χ4n) is 2.68. The zero-order valence-electron chi connectivity index (χ0n) is 15.4. The minimum atomic E-state index is -0.506. The summed E-state index contributed by atoms with van der Waals surface area (Å²) in [5.41, 5.74) is 1.90. The lowest BCUT2D eigenvalue weighted by Crippen LogP contribution is -2.20. The molecule has 4 aromatic rings. The Balaban J connectivity index is 1.64. The number of amides is 1. The van der Waals surface area contributed by atoms with E-state index in [9.17, 15) is 9.18 Å². The minimum absolute atomic E-state index is 0.000912. The van der Waals surface area contributed by atoms with Crippen molar-refractivity contribution in [1.29, 1.82) is 0 Å². The second kappa shape index (κ2) is 8.26. The van der Waals surface area contributed by atoms with Crippen molar-refractivity contribution in [3.63, 3.8) is 0 Å². The van der Waals surface area contributed by atoms with Crippen molar-refractivity contribution < 1.29 is 13.6 Å². The summed E-state index contributed by atoms with van der Waals surface area (Å²) < 4.78 is 19.0. The topological polar surface area (TPSA) is 106 Å². The molecule has 0 aliphatic rings. The van der Waals surface area contributed by atoms with E-state index in [0.29, 0.717) is 28.0 Å². The third-order valence-electron chi connectivity index (χ3n) is 4.13. The summed E-state index contributed by atoms with van der Waals surface area (Å²) in [7, 11) is 0. The highest BCUT2D eigenvalue weighted by molar-refractivity contribution is 6.31. The highest BCUT2D eigenvalue weighted by Gasteiger charge is 2.12. The first kappa shape index (κ1) is 19.5. The first-order valence-corrected chi connectivity index (χ1v) is 9.11. The minimum Gasteiger partial charge on any atom is -0.419 e. The molecule has 2 heterocycles. The van der Waals surface area contributed by atoms with Gasteiger partial charge in [-0.25, -0.2) is 14.4 Å². The molecule has 0 spiro atoms. The van der Waals surface area contributed by atoms with E-state index in [0.717, 1.165) is 6.08 Å². The van der Waals surface area contributed by atoms with Crippen LogP contribution in [0, 0.1) is 5.82 Å². The van der Waals surface area contributed by atoms with Gasteiger partial charge in [0.1, 0.15) is 18.0 Å². The number of carbonyl (C=O) groups is 1. The van der Waals surface area contributed by atoms with Crippen LogP contribution in [0.3, 0.4) is 0 Å². The number of nitrogens with zero attached hydrogens (tertiary/aromatic N) is 4. The van der Waals surface area contributed by atoms with Crippen molar-refractivity contribution >= 4 is 39.9 Å². The van der Waals surface area contributed by atoms with Crippen LogP contribution in [0.1, 0.15) is 5.89 Å². The Bertz CT molecular complexity index is 1260. The van der Waals surface area contributed by atoms with Gasteiger partial charge in [-0.15, -0.1) is 10.2 Å². The molecule has 0 aliphatic carbocycles. The fourth-order valence-corrected chi connectivity index (χ4v) is 2.86. The zero-order chi connectivity index (χ0) is 21.1. The quantitative estimate of drug-likeness (QED) is 0.450. The number of fused-ring (bicyclic) bond motifs is 1. The molecule has 0 fully saturated rings. The van der Waals surface area contributed by atoms with Gasteiger partial charge in [-0.2, -0.15) is 0 Å². The predicted octanol–water partition coefficient (Wildman–Crippen LogP) is 4.02. The van der Waals surface area contributed by atoms with Crippen LogP contribution in [0.25, 0.3) is 22.4 Å². The molecule has 2 N–H and O–H groups in total. The van der Waals surface area contributed by atoms with Crippen LogP contribution in [-0.2, 0) is 11.3 Å². The standard InChI is InChI=1S/C20H14ClFN6O2/c1-2-17(29)23-9-18-27-28-20(30-18)11-3-6-16-13(7-11)19(25-10-24-16)26-12-4-5-15(22)14(21)8-12/h2-8,10H,1,9H2,(H,23,29)(H,24,25,26). The van der Waals surface area contributed by atoms with Gasteiger partial charge in [-0.1, -0.05) is 18.2 Å². The maximum absolute atomic E-state index is 13.4. The largest absolute Gasteiger partial charge is 0.419 e. The van der Waals surface area contributed by atoms with Crippen LogP contribution in [-0.4, -0.2) is 26.1 Å². The van der Waals surface area contributed by atoms with E-state index in [2.05, 4.69) is 37.4 Å². The van der Waals surface area contributed by atoms with Gasteiger partial charge in [-0.05, 0) is 42.5 Å². The number of carbonyl (C=O) groups excluding carboxylic acids is 1. The van der Waals surface area contributed by atoms with Crippen LogP contribution in [0.15, 0.2) is 59.8 Å². The summed E-state index contributed by atoms with van der Waals surface area (Å²) in [6.07, 6.45) is 2.58. The molecule has 30 heavy (non-hydrogen) atoms. The second-order valence-electron chi connectivity index (χ2n) is 6.13. The molecular weight excluding hydrogens is 411 g/mol. The average Bonchev–Trinajstić information content (AvgIpc) is 3.23. The number of hydrogen-bond donors (Lipinski definition) is 2. The summed E-state index contributed by atoms with van der Waals surface area (Å²) in [5.74, 6) is 0.188. The van der Waals surface area contributed by atoms with E-state index < -0.39 is 5.82 Å². The number of anilines is 2. The molecule has 1 amide bonds. The molecule has 0 unspecified atom stereocenters. The van der Waals surface area contributed by atoms with E-state index in [-0.39, 0.29) is 29.3 Å². The molecule has 0 aliphatic heterocycles. The third kappa shape index (κ3) is 4.11. The van der Waals surface area contributed by atoms with Crippen LogP contribution < -0.4 is 10.6 Å². The van der Waals surface area contributed by atoms with Gasteiger partial charge < -0.3 is 15.1 Å². The Morgan fingerprint density at radius 3 is 2.87 bits per heavy atom. The van der Waals surface area contributed by atoms with Gasteiger partial charge in [0.2, 0.25) is 17.7 Å². The molecule has 10 heteroatoms. The summed E-state index contributed by atoms with van der Waals surface area (Å²) in [4.78, 5) is 19.8. The Morgan fingerprint density at radius 1 is 1.20 bits per heavy atom. The van der Waals surface area contributed by atoms with Crippen LogP contribution in [0.2, 0.25) is 5.02 Å². The maximum atomic E-state index is 13.4. The van der Waals surface area contributed by atoms with Crippen molar-refractivity contribution in [2.24, 2.45) is 0 Å². The van der Waals surface area contributed by atoms with Crippen molar-refractivity contribution in [3.05, 3.63) is 72.1 Å². The molecule has 0 saturated heterocycles. The Morgan fingerprint density at radius 2 is 2.07 bits per heavy atom. The van der Waals surface area contributed by atoms with Crippen molar-refractivity contribution in [3.8, 4) is 11.5 Å². The first-order chi connectivity index (χ1) is 14.5. The van der Waals surface area contributed by atoms with E-state index in [1.165, 1.54) is 18.5 Å². The number of hydrogen-bond acceptors (Lipinski definition) is 7. The van der Waals surface area contributed by atoms with Gasteiger partial charge in [0.15, 0.2) is 0 Å². The molecule has 0 radical (unpaired) electrons. The summed E-state index contributed by atoms with van der Waals surface area (Å²) in [5, 5.41) is 14.3. The molecule has 8 nitrogen and oxygen atoms in total. The molecule has 2 aromatic heterocycles. The molecular formula is C20H14ClFN6O2. The number of benzene rings is 2. The third-order valence-corrected chi connectivity index (χ3v) is 4.42. The van der Waals surface area contributed by atoms with Gasteiger partial charge in [0, 0.05) is 16.6 Å². The van der Waals surface area contributed by atoms with Gasteiger partial charge >= 0.3 is 0 Å². The Hall–Kier alpha value is -3.85. The van der Waals surface area contributed by atoms with E-state index in [1.807, 2.05) is 0 Å². The van der Waals surface area contributed by atoms with Gasteiger partial charge in [-0.3, -0.25) is 4.79 Å². The van der Waals surface area contributed by atoms with Crippen LogP contribution in [0.4, 0.5) is 15.9 Å². The lowest BCUT2D eigenvalue weighted by atomic mass is 10.1. The lowest BCUT2D eigenvalue weighted by Gasteiger charge is -2.09. The van der Waals surface area contributed by atoms with E-state index in [4.69, 9.17) is 16.0 Å². The molecule has 4 rings (SSSR count). The number of rotatable bonds is 6. The normalized spacial score (nSPS) is 10.7. The Kier molecular flexibility index (Phi) is 5.36. The van der Waals surface area contributed by atoms with Gasteiger partial charge in [0.25, 0.3) is 0 Å². The van der Waals surface area contributed by atoms with E-state index in [1.54, 1.807) is 24.3 Å². The second-order valence-corrected chi connectivity index (χ2v) is 6.54. The molecule has 2 aromatic carbocycles.